The third-order valence-electron chi connectivity index (χ3n) is 3.14. The molecule has 0 aromatic heterocycles. The number of nitrogens with zero attached hydrogens (tertiary/aromatic N) is 1. The Morgan fingerprint density at radius 2 is 2.39 bits per heavy atom. The van der Waals surface area contributed by atoms with Crippen molar-refractivity contribution in [2.45, 2.75) is 12.5 Å². The molecule has 0 radical (unpaired) electrons. The van der Waals surface area contributed by atoms with Gasteiger partial charge in [-0.05, 0) is 30.8 Å². The Bertz CT molecular complexity index is 455. The van der Waals surface area contributed by atoms with Gasteiger partial charge in [0.25, 0.3) is 0 Å². The van der Waals surface area contributed by atoms with Crippen LogP contribution < -0.4 is 0 Å². The zero-order chi connectivity index (χ0) is 13.1. The zero-order valence-electron chi connectivity index (χ0n) is 10.2. The van der Waals surface area contributed by atoms with E-state index in [4.69, 9.17) is 0 Å². The Hall–Kier alpha value is -0.390. The van der Waals surface area contributed by atoms with Crippen LogP contribution in [0.3, 0.4) is 0 Å². The van der Waals surface area contributed by atoms with Crippen LogP contribution in [-0.2, 0) is 11.2 Å². The summed E-state index contributed by atoms with van der Waals surface area (Å²) in [6.07, 6.45) is 0.286. The maximum atomic E-state index is 13.2. The number of Topliss-reactive ketones (excluding diaryl/α,β-unsaturated/α-hetero) is 1. The van der Waals surface area contributed by atoms with E-state index in [9.17, 15) is 9.18 Å². The average Bonchev–Trinajstić information content (AvgIpc) is 2.34. The van der Waals surface area contributed by atoms with Crippen molar-refractivity contribution in [1.29, 1.82) is 0 Å². The number of ketones is 1. The van der Waals surface area contributed by atoms with Gasteiger partial charge in [-0.3, -0.25) is 9.69 Å². The number of hydrogen-bond acceptors (Lipinski definition) is 3. The van der Waals surface area contributed by atoms with Crippen LogP contribution in [0.25, 0.3) is 0 Å². The molecular weight excluding hydrogens is 317 g/mol. The first-order valence-electron chi connectivity index (χ1n) is 5.82. The highest BCUT2D eigenvalue weighted by atomic mass is 79.9. The second-order valence-corrected chi connectivity index (χ2v) is 6.45. The number of benzene rings is 1. The summed E-state index contributed by atoms with van der Waals surface area (Å²) in [5, 5.41) is 0. The van der Waals surface area contributed by atoms with E-state index in [1.165, 1.54) is 12.1 Å². The lowest BCUT2D eigenvalue weighted by atomic mass is 10.0. The van der Waals surface area contributed by atoms with Crippen LogP contribution in [0.15, 0.2) is 22.7 Å². The molecule has 0 amide bonds. The summed E-state index contributed by atoms with van der Waals surface area (Å²) in [5.41, 5.74) is 0.726. The van der Waals surface area contributed by atoms with Crippen molar-refractivity contribution in [3.63, 3.8) is 0 Å². The molecule has 1 atom stereocenters. The van der Waals surface area contributed by atoms with Gasteiger partial charge in [-0.2, -0.15) is 11.8 Å². The molecule has 0 spiro atoms. The summed E-state index contributed by atoms with van der Waals surface area (Å²) in [7, 11) is 1.98. The van der Waals surface area contributed by atoms with E-state index in [-0.39, 0.29) is 24.1 Å². The van der Waals surface area contributed by atoms with E-state index in [1.54, 1.807) is 17.8 Å². The van der Waals surface area contributed by atoms with Gasteiger partial charge in [0, 0.05) is 28.9 Å². The smallest absolute Gasteiger partial charge is 0.155 e. The molecular formula is C13H15BrFNOS. The Balaban J connectivity index is 2.08. The number of hydrogen-bond donors (Lipinski definition) is 0. The summed E-state index contributed by atoms with van der Waals surface area (Å²) >= 11 is 5.17. The number of carbonyl (C=O) groups excluding carboxylic acids is 1. The molecule has 1 aliphatic rings. The summed E-state index contributed by atoms with van der Waals surface area (Å²) in [5.74, 6) is 1.77. The van der Waals surface area contributed by atoms with Crippen LogP contribution in [-0.4, -0.2) is 41.8 Å². The van der Waals surface area contributed by atoms with Gasteiger partial charge < -0.3 is 0 Å². The minimum Gasteiger partial charge on any atom is -0.298 e. The highest BCUT2D eigenvalue weighted by molar-refractivity contribution is 9.10. The summed E-state index contributed by atoms with van der Waals surface area (Å²) < 4.78 is 14.0. The molecule has 0 N–H and O–H groups in total. The molecule has 1 unspecified atom stereocenters. The summed E-state index contributed by atoms with van der Waals surface area (Å²) in [6.45, 7) is 0.936. The maximum absolute atomic E-state index is 13.2. The van der Waals surface area contributed by atoms with Crippen LogP contribution in [0.4, 0.5) is 4.39 Å². The van der Waals surface area contributed by atoms with E-state index in [0.717, 1.165) is 28.1 Å². The lowest BCUT2D eigenvalue weighted by molar-refractivity contribution is -0.122. The molecule has 0 bridgehead atoms. The lowest BCUT2D eigenvalue weighted by Gasteiger charge is -2.30. The number of rotatable bonds is 3. The van der Waals surface area contributed by atoms with Gasteiger partial charge in [-0.15, -0.1) is 0 Å². The second-order valence-electron chi connectivity index (χ2n) is 4.45. The molecule has 0 saturated carbocycles. The van der Waals surface area contributed by atoms with Gasteiger partial charge in [0.05, 0.1) is 6.04 Å². The van der Waals surface area contributed by atoms with Crippen molar-refractivity contribution in [2.75, 3.05) is 25.1 Å². The molecule has 1 aromatic carbocycles. The molecule has 0 aliphatic carbocycles. The fraction of sp³-hybridized carbons (Fsp3) is 0.462. The topological polar surface area (TPSA) is 20.3 Å². The Morgan fingerprint density at radius 3 is 3.11 bits per heavy atom. The average molecular weight is 332 g/mol. The minimum absolute atomic E-state index is 0.0427. The van der Waals surface area contributed by atoms with Crippen LogP contribution in [0.2, 0.25) is 0 Å². The number of thioether (sulfide) groups is 1. The van der Waals surface area contributed by atoms with Gasteiger partial charge >= 0.3 is 0 Å². The predicted molar refractivity (Wildman–Crippen MR) is 76.6 cm³/mol. The standard InChI is InChI=1S/C13H15BrFNOS/c1-16-4-5-18-8-12(16)13(17)7-9-6-10(15)2-3-11(9)14/h2-3,6,12H,4-5,7-8H2,1H3. The third-order valence-corrected chi connectivity index (χ3v) is 4.94. The van der Waals surface area contributed by atoms with E-state index < -0.39 is 0 Å². The van der Waals surface area contributed by atoms with Gasteiger partial charge in [-0.25, -0.2) is 4.39 Å². The monoisotopic (exact) mass is 331 g/mol. The molecule has 1 aliphatic heterocycles. The fourth-order valence-electron chi connectivity index (χ4n) is 2.01. The Labute approximate surface area is 119 Å². The Kier molecular flexibility index (Phi) is 4.81. The highest BCUT2D eigenvalue weighted by Gasteiger charge is 2.26. The molecule has 5 heteroatoms. The quantitative estimate of drug-likeness (QED) is 0.849. The predicted octanol–water partition coefficient (Wildman–Crippen LogP) is 2.75. The number of carbonyl (C=O) groups is 1. The highest BCUT2D eigenvalue weighted by Crippen LogP contribution is 2.21. The van der Waals surface area contributed by atoms with Crippen molar-refractivity contribution in [1.82, 2.24) is 4.90 Å². The van der Waals surface area contributed by atoms with Crippen LogP contribution >= 0.6 is 27.7 Å². The maximum Gasteiger partial charge on any atom is 0.155 e. The largest absolute Gasteiger partial charge is 0.298 e. The Morgan fingerprint density at radius 1 is 1.61 bits per heavy atom. The third kappa shape index (κ3) is 3.33. The lowest BCUT2D eigenvalue weighted by Crippen LogP contribution is -2.45. The van der Waals surface area contributed by atoms with E-state index in [2.05, 4.69) is 20.8 Å². The van der Waals surface area contributed by atoms with Crippen molar-refractivity contribution in [2.24, 2.45) is 0 Å². The molecule has 1 aromatic rings. The first-order valence-corrected chi connectivity index (χ1v) is 7.77. The van der Waals surface area contributed by atoms with E-state index in [1.807, 2.05) is 7.05 Å². The normalized spacial score (nSPS) is 20.9. The van der Waals surface area contributed by atoms with E-state index in [0.29, 0.717) is 0 Å². The molecule has 2 rings (SSSR count). The molecule has 98 valence electrons. The van der Waals surface area contributed by atoms with Crippen LogP contribution in [0.1, 0.15) is 5.56 Å². The van der Waals surface area contributed by atoms with Gasteiger partial charge in [0.1, 0.15) is 5.82 Å². The molecule has 2 nitrogen and oxygen atoms in total. The van der Waals surface area contributed by atoms with Crippen molar-refractivity contribution < 1.29 is 9.18 Å². The van der Waals surface area contributed by atoms with Crippen molar-refractivity contribution in [3.05, 3.63) is 34.1 Å². The summed E-state index contributed by atoms with van der Waals surface area (Å²) in [6, 6.07) is 4.43. The molecule has 1 heterocycles. The SMILES string of the molecule is CN1CCSCC1C(=O)Cc1cc(F)ccc1Br. The molecule has 1 fully saturated rings. The molecule has 18 heavy (non-hydrogen) atoms. The minimum atomic E-state index is -0.299. The zero-order valence-corrected chi connectivity index (χ0v) is 12.6. The summed E-state index contributed by atoms with van der Waals surface area (Å²) in [4.78, 5) is 14.3. The first kappa shape index (κ1) is 14.0. The fourth-order valence-corrected chi connectivity index (χ4v) is 3.64. The number of likely N-dealkylation sites (N-methyl/N-ethyl adjacent to an activating group) is 1. The van der Waals surface area contributed by atoms with E-state index >= 15 is 0 Å². The first-order chi connectivity index (χ1) is 8.58. The second kappa shape index (κ2) is 6.17. The molecule has 1 saturated heterocycles. The van der Waals surface area contributed by atoms with Gasteiger partial charge in [0.2, 0.25) is 0 Å². The van der Waals surface area contributed by atoms with Crippen molar-refractivity contribution >= 4 is 33.5 Å². The van der Waals surface area contributed by atoms with Crippen molar-refractivity contribution in [3.8, 4) is 0 Å². The number of halogens is 2. The van der Waals surface area contributed by atoms with Crippen LogP contribution in [0, 0.1) is 5.82 Å². The van der Waals surface area contributed by atoms with Crippen LogP contribution in [0.5, 0.6) is 0 Å². The van der Waals surface area contributed by atoms with Gasteiger partial charge in [0.15, 0.2) is 5.78 Å². The van der Waals surface area contributed by atoms with Gasteiger partial charge in [-0.1, -0.05) is 15.9 Å².